The summed E-state index contributed by atoms with van der Waals surface area (Å²) in [5.41, 5.74) is 1.02. The van der Waals surface area contributed by atoms with Crippen molar-refractivity contribution in [3.05, 3.63) is 47.7 Å². The van der Waals surface area contributed by atoms with Gasteiger partial charge in [-0.15, -0.1) is 0 Å². The maximum Gasteiger partial charge on any atom is 0.410 e. The van der Waals surface area contributed by atoms with E-state index < -0.39 is 8.32 Å². The van der Waals surface area contributed by atoms with Crippen molar-refractivity contribution in [2.75, 3.05) is 13.1 Å². The Morgan fingerprint density at radius 3 is 2.54 bits per heavy atom. The number of rotatable bonds is 4. The van der Waals surface area contributed by atoms with Gasteiger partial charge in [0.25, 0.3) is 0 Å². The van der Waals surface area contributed by atoms with Crippen LogP contribution in [0.5, 0.6) is 0 Å². The standard InChI is InChI=1S/C21H31NO3Si/c1-21(2,3)26(4,5)25-19-12-11-17-13-22(14-18(17)19)20(23)24-15-16-9-7-6-8-10-16/h6-10,12,17-18H,11,13-15H2,1-5H3/t17-,18+/m0/s1. The van der Waals surface area contributed by atoms with E-state index >= 15 is 0 Å². The Bertz CT molecular complexity index is 678. The van der Waals surface area contributed by atoms with E-state index in [4.69, 9.17) is 9.16 Å². The number of amides is 1. The third-order valence-corrected chi connectivity index (χ3v) is 10.4. The van der Waals surface area contributed by atoms with E-state index in [-0.39, 0.29) is 11.1 Å². The zero-order chi connectivity index (χ0) is 18.9. The second-order valence-corrected chi connectivity index (χ2v) is 13.7. The highest BCUT2D eigenvalue weighted by Gasteiger charge is 2.46. The van der Waals surface area contributed by atoms with Gasteiger partial charge in [0.05, 0.1) is 5.76 Å². The fraction of sp³-hybridized carbons (Fsp3) is 0.571. The largest absolute Gasteiger partial charge is 0.546 e. The van der Waals surface area contributed by atoms with Crippen molar-refractivity contribution in [2.24, 2.45) is 11.8 Å². The zero-order valence-corrected chi connectivity index (χ0v) is 17.6. The first-order valence-corrected chi connectivity index (χ1v) is 12.4. The van der Waals surface area contributed by atoms with Crippen LogP contribution in [0.2, 0.25) is 18.1 Å². The van der Waals surface area contributed by atoms with Gasteiger partial charge in [-0.3, -0.25) is 0 Å². The van der Waals surface area contributed by atoms with Gasteiger partial charge < -0.3 is 14.1 Å². The van der Waals surface area contributed by atoms with E-state index in [9.17, 15) is 4.79 Å². The van der Waals surface area contributed by atoms with Gasteiger partial charge in [0.15, 0.2) is 0 Å². The fourth-order valence-corrected chi connectivity index (χ4v) is 4.51. The maximum atomic E-state index is 12.5. The van der Waals surface area contributed by atoms with Gasteiger partial charge in [-0.25, -0.2) is 4.79 Å². The maximum absolute atomic E-state index is 12.5. The molecule has 142 valence electrons. The fourth-order valence-electron chi connectivity index (χ4n) is 3.38. The minimum absolute atomic E-state index is 0.179. The minimum atomic E-state index is -1.84. The summed E-state index contributed by atoms with van der Waals surface area (Å²) in [6.45, 7) is 13.1. The SMILES string of the molecule is CC(C)(C)[Si](C)(C)OC1=CC[C@H]2CN(C(=O)OCc3ccccc3)C[C@@H]12. The third kappa shape index (κ3) is 3.98. The van der Waals surface area contributed by atoms with Crippen molar-refractivity contribution < 1.29 is 14.0 Å². The number of allylic oxidation sites excluding steroid dienone is 1. The van der Waals surface area contributed by atoms with Crippen LogP contribution < -0.4 is 0 Å². The number of benzene rings is 1. The van der Waals surface area contributed by atoms with Gasteiger partial charge in [0.1, 0.15) is 6.61 Å². The summed E-state index contributed by atoms with van der Waals surface area (Å²) in [6.07, 6.45) is 3.04. The predicted molar refractivity (Wildman–Crippen MR) is 106 cm³/mol. The molecule has 1 aromatic rings. The first-order valence-electron chi connectivity index (χ1n) is 9.52. The van der Waals surface area contributed by atoms with E-state index in [1.807, 2.05) is 35.2 Å². The summed E-state index contributed by atoms with van der Waals surface area (Å²) in [7, 11) is -1.84. The summed E-state index contributed by atoms with van der Waals surface area (Å²) in [5, 5.41) is 0.179. The van der Waals surface area contributed by atoms with E-state index in [1.165, 1.54) is 0 Å². The van der Waals surface area contributed by atoms with Crippen LogP contribution >= 0.6 is 0 Å². The van der Waals surface area contributed by atoms with Crippen molar-refractivity contribution >= 4 is 14.4 Å². The van der Waals surface area contributed by atoms with Crippen molar-refractivity contribution in [2.45, 2.75) is 51.9 Å². The number of carbonyl (C=O) groups is 1. The molecule has 5 heteroatoms. The molecule has 0 N–H and O–H groups in total. The van der Waals surface area contributed by atoms with Gasteiger partial charge in [0, 0.05) is 19.0 Å². The molecule has 1 amide bonds. The molecular weight excluding hydrogens is 342 g/mol. The highest BCUT2D eigenvalue weighted by molar-refractivity contribution is 6.74. The quantitative estimate of drug-likeness (QED) is 0.683. The molecule has 0 radical (unpaired) electrons. The third-order valence-electron chi connectivity index (χ3n) is 6.07. The molecule has 1 saturated heterocycles. The van der Waals surface area contributed by atoms with Crippen molar-refractivity contribution in [3.8, 4) is 0 Å². The number of carbonyl (C=O) groups excluding carboxylic acids is 1. The second-order valence-electron chi connectivity index (χ2n) is 9.02. The smallest absolute Gasteiger partial charge is 0.410 e. The van der Waals surface area contributed by atoms with Crippen molar-refractivity contribution in [1.29, 1.82) is 0 Å². The number of hydrogen-bond donors (Lipinski definition) is 0. The van der Waals surface area contributed by atoms with Crippen LogP contribution in [0.4, 0.5) is 4.79 Å². The number of likely N-dealkylation sites (tertiary alicyclic amines) is 1. The molecule has 2 aliphatic rings. The monoisotopic (exact) mass is 373 g/mol. The zero-order valence-electron chi connectivity index (χ0n) is 16.6. The number of fused-ring (bicyclic) bond motifs is 1. The number of ether oxygens (including phenoxy) is 1. The molecule has 3 rings (SSSR count). The molecule has 0 aromatic heterocycles. The predicted octanol–water partition coefficient (Wildman–Crippen LogP) is 5.18. The van der Waals surface area contributed by atoms with E-state index in [2.05, 4.69) is 39.9 Å². The van der Waals surface area contributed by atoms with E-state index in [0.29, 0.717) is 25.0 Å². The first-order chi connectivity index (χ1) is 12.2. The summed E-state index contributed by atoms with van der Waals surface area (Å²) in [5.74, 6) is 1.91. The summed E-state index contributed by atoms with van der Waals surface area (Å²) >= 11 is 0. The van der Waals surface area contributed by atoms with Crippen molar-refractivity contribution in [1.82, 2.24) is 4.90 Å². The van der Waals surface area contributed by atoms with Crippen LogP contribution in [0.25, 0.3) is 0 Å². The number of nitrogens with zero attached hydrogens (tertiary/aromatic N) is 1. The highest BCUT2D eigenvalue weighted by Crippen LogP contribution is 2.44. The lowest BCUT2D eigenvalue weighted by molar-refractivity contribution is 0.102. The van der Waals surface area contributed by atoms with Gasteiger partial charge in [0.2, 0.25) is 8.32 Å². The Hall–Kier alpha value is -1.75. The van der Waals surface area contributed by atoms with E-state index in [0.717, 1.165) is 24.3 Å². The van der Waals surface area contributed by atoms with Gasteiger partial charge in [-0.2, -0.15) is 0 Å². The molecule has 0 bridgehead atoms. The Labute approximate surface area is 158 Å². The summed E-state index contributed by atoms with van der Waals surface area (Å²) in [6, 6.07) is 9.82. The van der Waals surface area contributed by atoms with Crippen LogP contribution in [0, 0.1) is 11.8 Å². The Morgan fingerprint density at radius 1 is 1.19 bits per heavy atom. The lowest BCUT2D eigenvalue weighted by Gasteiger charge is -2.38. The molecular formula is C21H31NO3Si. The molecule has 1 fully saturated rings. The molecule has 1 aliphatic heterocycles. The Kier molecular flexibility index (Phi) is 5.20. The van der Waals surface area contributed by atoms with Gasteiger partial charge in [-0.1, -0.05) is 51.1 Å². The van der Waals surface area contributed by atoms with Crippen LogP contribution in [0.3, 0.4) is 0 Å². The van der Waals surface area contributed by atoms with Gasteiger partial charge in [-0.05, 0) is 42.1 Å². The van der Waals surface area contributed by atoms with Crippen LogP contribution in [-0.4, -0.2) is 32.4 Å². The first kappa shape index (κ1) is 19.0. The lowest BCUT2D eigenvalue weighted by Crippen LogP contribution is -2.41. The average Bonchev–Trinajstić information content (AvgIpc) is 3.14. The van der Waals surface area contributed by atoms with Crippen LogP contribution in [-0.2, 0) is 15.8 Å². The average molecular weight is 374 g/mol. The topological polar surface area (TPSA) is 38.8 Å². The molecule has 2 atom stereocenters. The van der Waals surface area contributed by atoms with E-state index in [1.54, 1.807) is 0 Å². The molecule has 0 spiro atoms. The molecule has 1 aliphatic carbocycles. The Balaban J connectivity index is 1.56. The highest BCUT2D eigenvalue weighted by atomic mass is 28.4. The summed E-state index contributed by atoms with van der Waals surface area (Å²) < 4.78 is 12.1. The van der Waals surface area contributed by atoms with Gasteiger partial charge >= 0.3 is 6.09 Å². The normalized spacial score (nSPS) is 22.8. The van der Waals surface area contributed by atoms with Crippen molar-refractivity contribution in [3.63, 3.8) is 0 Å². The molecule has 0 unspecified atom stereocenters. The number of hydrogen-bond acceptors (Lipinski definition) is 3. The second kappa shape index (κ2) is 7.10. The van der Waals surface area contributed by atoms with Crippen LogP contribution in [0.15, 0.2) is 42.2 Å². The molecule has 1 heterocycles. The van der Waals surface area contributed by atoms with Crippen LogP contribution in [0.1, 0.15) is 32.8 Å². The molecule has 0 saturated carbocycles. The molecule has 4 nitrogen and oxygen atoms in total. The molecule has 1 aromatic carbocycles. The Morgan fingerprint density at radius 2 is 1.88 bits per heavy atom. The lowest BCUT2D eigenvalue weighted by atomic mass is 9.99. The minimum Gasteiger partial charge on any atom is -0.546 e. The summed E-state index contributed by atoms with van der Waals surface area (Å²) in [4.78, 5) is 14.3. The molecule has 26 heavy (non-hydrogen) atoms.